The summed E-state index contributed by atoms with van der Waals surface area (Å²) in [6.45, 7) is 0.263. The van der Waals surface area contributed by atoms with Gasteiger partial charge in [-0.1, -0.05) is 0 Å². The first kappa shape index (κ1) is 13.0. The van der Waals surface area contributed by atoms with Gasteiger partial charge in [-0.15, -0.1) is 0 Å². The molecular formula is C11H12BrN3O3. The second-order valence-corrected chi connectivity index (χ2v) is 4.98. The van der Waals surface area contributed by atoms with Crippen LogP contribution in [0.25, 0.3) is 0 Å². The first-order valence-corrected chi connectivity index (χ1v) is 6.33. The van der Waals surface area contributed by atoms with Crippen LogP contribution in [0, 0.1) is 10.1 Å². The van der Waals surface area contributed by atoms with E-state index < -0.39 is 4.92 Å². The molecule has 1 fully saturated rings. The molecule has 0 aliphatic heterocycles. The van der Waals surface area contributed by atoms with Gasteiger partial charge < -0.3 is 10.6 Å². The van der Waals surface area contributed by atoms with Crippen molar-refractivity contribution < 1.29 is 9.72 Å². The monoisotopic (exact) mass is 313 g/mol. The molecule has 0 heterocycles. The van der Waals surface area contributed by atoms with Crippen LogP contribution in [0.3, 0.4) is 0 Å². The molecular weight excluding hydrogens is 302 g/mol. The molecule has 96 valence electrons. The molecule has 0 radical (unpaired) electrons. The second-order valence-electron chi connectivity index (χ2n) is 4.13. The standard InChI is InChI=1S/C11H12BrN3O3/c12-9-5-8(3-4-10(9)15(17)18)14-11(16)6-13-7-1-2-7/h3-5,7,13H,1-2,6H2,(H,14,16). The van der Waals surface area contributed by atoms with Crippen molar-refractivity contribution in [2.24, 2.45) is 0 Å². The molecule has 1 amide bonds. The number of halogens is 1. The van der Waals surface area contributed by atoms with Gasteiger partial charge in [0.1, 0.15) is 0 Å². The molecule has 0 unspecified atom stereocenters. The van der Waals surface area contributed by atoms with Crippen LogP contribution in [-0.4, -0.2) is 23.4 Å². The first-order valence-electron chi connectivity index (χ1n) is 5.53. The largest absolute Gasteiger partial charge is 0.325 e. The molecule has 18 heavy (non-hydrogen) atoms. The summed E-state index contributed by atoms with van der Waals surface area (Å²) < 4.78 is 0.348. The van der Waals surface area contributed by atoms with Crippen molar-refractivity contribution in [2.75, 3.05) is 11.9 Å². The van der Waals surface area contributed by atoms with Gasteiger partial charge in [-0.3, -0.25) is 14.9 Å². The van der Waals surface area contributed by atoms with Gasteiger partial charge in [0.15, 0.2) is 0 Å². The predicted molar refractivity (Wildman–Crippen MR) is 70.5 cm³/mol. The van der Waals surface area contributed by atoms with E-state index in [2.05, 4.69) is 26.6 Å². The minimum atomic E-state index is -0.482. The van der Waals surface area contributed by atoms with E-state index in [0.717, 1.165) is 12.8 Å². The lowest BCUT2D eigenvalue weighted by Crippen LogP contribution is -2.29. The maximum atomic E-state index is 11.6. The third-order valence-corrected chi connectivity index (χ3v) is 3.19. The van der Waals surface area contributed by atoms with Crippen molar-refractivity contribution in [2.45, 2.75) is 18.9 Å². The van der Waals surface area contributed by atoms with Crippen LogP contribution < -0.4 is 10.6 Å². The zero-order chi connectivity index (χ0) is 13.1. The Morgan fingerprint density at radius 2 is 2.22 bits per heavy atom. The molecule has 0 saturated heterocycles. The van der Waals surface area contributed by atoms with E-state index >= 15 is 0 Å². The molecule has 1 aliphatic carbocycles. The molecule has 0 aromatic heterocycles. The summed E-state index contributed by atoms with van der Waals surface area (Å²) in [7, 11) is 0. The highest BCUT2D eigenvalue weighted by Crippen LogP contribution is 2.27. The second kappa shape index (κ2) is 5.45. The summed E-state index contributed by atoms with van der Waals surface area (Å²) in [4.78, 5) is 21.7. The minimum Gasteiger partial charge on any atom is -0.325 e. The Morgan fingerprint density at radius 3 is 2.78 bits per heavy atom. The van der Waals surface area contributed by atoms with Crippen LogP contribution in [-0.2, 0) is 4.79 Å². The van der Waals surface area contributed by atoms with Gasteiger partial charge in [-0.05, 0) is 40.9 Å². The van der Waals surface area contributed by atoms with Gasteiger partial charge in [0.05, 0.1) is 15.9 Å². The molecule has 1 aromatic rings. The zero-order valence-electron chi connectivity index (χ0n) is 9.48. The first-order chi connectivity index (χ1) is 8.56. The molecule has 0 bridgehead atoms. The van der Waals surface area contributed by atoms with Crippen molar-refractivity contribution in [3.05, 3.63) is 32.8 Å². The predicted octanol–water partition coefficient (Wildman–Crippen LogP) is 2.05. The Bertz CT molecular complexity index is 488. The average molecular weight is 314 g/mol. The van der Waals surface area contributed by atoms with Crippen LogP contribution in [0.1, 0.15) is 12.8 Å². The maximum absolute atomic E-state index is 11.6. The summed E-state index contributed by atoms with van der Waals surface area (Å²) >= 11 is 3.10. The topological polar surface area (TPSA) is 84.3 Å². The minimum absolute atomic E-state index is 0.0240. The van der Waals surface area contributed by atoms with Crippen molar-refractivity contribution in [1.82, 2.24) is 5.32 Å². The molecule has 0 atom stereocenters. The number of anilines is 1. The van der Waals surface area contributed by atoms with Gasteiger partial charge in [0.25, 0.3) is 5.69 Å². The summed E-state index contributed by atoms with van der Waals surface area (Å²) in [5.41, 5.74) is 0.513. The number of nitrogens with one attached hydrogen (secondary N) is 2. The fourth-order valence-corrected chi connectivity index (χ4v) is 1.99. The quantitative estimate of drug-likeness (QED) is 0.643. The SMILES string of the molecule is O=C(CNC1CC1)Nc1ccc([N+](=O)[O-])c(Br)c1. The number of nitro groups is 1. The van der Waals surface area contributed by atoms with Crippen LogP contribution in [0.2, 0.25) is 0 Å². The van der Waals surface area contributed by atoms with E-state index in [-0.39, 0.29) is 18.1 Å². The van der Waals surface area contributed by atoms with Crippen LogP contribution in [0.15, 0.2) is 22.7 Å². The molecule has 6 nitrogen and oxygen atoms in total. The lowest BCUT2D eigenvalue weighted by Gasteiger charge is -2.06. The zero-order valence-corrected chi connectivity index (χ0v) is 11.1. The molecule has 2 rings (SSSR count). The Labute approximate surface area is 112 Å². The summed E-state index contributed by atoms with van der Waals surface area (Å²) in [6, 6.07) is 4.86. The Morgan fingerprint density at radius 1 is 1.50 bits per heavy atom. The van der Waals surface area contributed by atoms with E-state index in [1.807, 2.05) is 0 Å². The van der Waals surface area contributed by atoms with E-state index in [4.69, 9.17) is 0 Å². The number of nitrogens with zero attached hydrogens (tertiary/aromatic N) is 1. The van der Waals surface area contributed by atoms with Crippen LogP contribution in [0.5, 0.6) is 0 Å². The molecule has 2 N–H and O–H groups in total. The van der Waals surface area contributed by atoms with E-state index in [0.29, 0.717) is 16.2 Å². The van der Waals surface area contributed by atoms with Crippen LogP contribution >= 0.6 is 15.9 Å². The smallest absolute Gasteiger partial charge is 0.283 e. The molecule has 1 aromatic carbocycles. The maximum Gasteiger partial charge on any atom is 0.283 e. The number of hydrogen-bond donors (Lipinski definition) is 2. The Hall–Kier alpha value is -1.47. The highest BCUT2D eigenvalue weighted by molar-refractivity contribution is 9.10. The lowest BCUT2D eigenvalue weighted by molar-refractivity contribution is -0.385. The van der Waals surface area contributed by atoms with Crippen molar-refractivity contribution in [3.63, 3.8) is 0 Å². The number of carbonyl (C=O) groups is 1. The summed E-state index contributed by atoms with van der Waals surface area (Å²) in [5.74, 6) is -0.150. The third-order valence-electron chi connectivity index (χ3n) is 2.56. The van der Waals surface area contributed by atoms with Crippen molar-refractivity contribution >= 4 is 33.2 Å². The summed E-state index contributed by atoms with van der Waals surface area (Å²) in [5, 5.41) is 16.4. The fourth-order valence-electron chi connectivity index (χ4n) is 1.46. The van der Waals surface area contributed by atoms with E-state index in [9.17, 15) is 14.9 Å². The van der Waals surface area contributed by atoms with Crippen molar-refractivity contribution in [3.8, 4) is 0 Å². The molecule has 1 aliphatic rings. The molecule has 1 saturated carbocycles. The van der Waals surface area contributed by atoms with Gasteiger partial charge in [0.2, 0.25) is 5.91 Å². The number of benzene rings is 1. The van der Waals surface area contributed by atoms with E-state index in [1.165, 1.54) is 18.2 Å². The number of nitro benzene ring substituents is 1. The number of rotatable bonds is 5. The lowest BCUT2D eigenvalue weighted by atomic mass is 10.3. The van der Waals surface area contributed by atoms with Gasteiger partial charge >= 0.3 is 0 Å². The van der Waals surface area contributed by atoms with Gasteiger partial charge in [0, 0.05) is 17.8 Å². The average Bonchev–Trinajstić information content (AvgIpc) is 3.09. The number of carbonyl (C=O) groups excluding carboxylic acids is 1. The third kappa shape index (κ3) is 3.51. The highest BCUT2D eigenvalue weighted by atomic mass is 79.9. The number of hydrogen-bond acceptors (Lipinski definition) is 4. The molecule has 0 spiro atoms. The normalized spacial score (nSPS) is 14.3. The molecule has 7 heteroatoms. The highest BCUT2D eigenvalue weighted by Gasteiger charge is 2.21. The fraction of sp³-hybridized carbons (Fsp3) is 0.364. The van der Waals surface area contributed by atoms with Gasteiger partial charge in [-0.2, -0.15) is 0 Å². The van der Waals surface area contributed by atoms with Crippen molar-refractivity contribution in [1.29, 1.82) is 0 Å². The Kier molecular flexibility index (Phi) is 3.93. The Balaban J connectivity index is 1.94. The summed E-state index contributed by atoms with van der Waals surface area (Å²) in [6.07, 6.45) is 2.24. The van der Waals surface area contributed by atoms with Gasteiger partial charge in [-0.25, -0.2) is 0 Å². The van der Waals surface area contributed by atoms with E-state index in [1.54, 1.807) is 0 Å². The van der Waals surface area contributed by atoms with Crippen LogP contribution in [0.4, 0.5) is 11.4 Å². The number of amides is 1.